The first kappa shape index (κ1) is 11.1. The van der Waals surface area contributed by atoms with E-state index in [9.17, 15) is 4.79 Å². The number of carbonyl (C=O) groups is 1. The lowest BCUT2D eigenvalue weighted by molar-refractivity contribution is -0.121. The number of amides is 1. The van der Waals surface area contributed by atoms with Crippen LogP contribution in [0.1, 0.15) is 24.0 Å². The van der Waals surface area contributed by atoms with E-state index in [2.05, 4.69) is 0 Å². The van der Waals surface area contributed by atoms with Crippen LogP contribution in [0.15, 0.2) is 40.8 Å². The van der Waals surface area contributed by atoms with Gasteiger partial charge in [-0.25, -0.2) is 0 Å². The fraction of sp³-hybridized carbons (Fsp3) is 0.267. The third kappa shape index (κ3) is 1.22. The number of para-hydroxylation sites is 1. The Morgan fingerprint density at radius 2 is 1.89 bits per heavy atom. The highest BCUT2D eigenvalue weighted by Gasteiger charge is 2.49. The fourth-order valence-electron chi connectivity index (χ4n) is 2.69. The molecule has 18 heavy (non-hydrogen) atoms. The molecule has 3 nitrogen and oxygen atoms in total. The highest BCUT2D eigenvalue weighted by atomic mass is 16.3. The first-order valence-corrected chi connectivity index (χ1v) is 5.99. The number of nitrogens with zero attached hydrogens (tertiary/aromatic N) is 1. The summed E-state index contributed by atoms with van der Waals surface area (Å²) in [7, 11) is 1.81. The summed E-state index contributed by atoms with van der Waals surface area (Å²) in [6.45, 7) is 3.82. The molecule has 1 aliphatic rings. The zero-order chi connectivity index (χ0) is 12.9. The summed E-state index contributed by atoms with van der Waals surface area (Å²) in [4.78, 5) is 14.3. The SMILES string of the molecule is Cc1ccc(C2(C)C(=O)N(C)c3ccccc32)o1. The van der Waals surface area contributed by atoms with Gasteiger partial charge in [0.25, 0.3) is 0 Å². The van der Waals surface area contributed by atoms with Crippen LogP contribution in [-0.2, 0) is 10.2 Å². The Bertz CT molecular complexity index is 629. The van der Waals surface area contributed by atoms with Gasteiger partial charge in [-0.2, -0.15) is 0 Å². The molecule has 0 fully saturated rings. The average Bonchev–Trinajstić information content (AvgIpc) is 2.89. The smallest absolute Gasteiger partial charge is 0.244 e. The number of hydrogen-bond acceptors (Lipinski definition) is 2. The lowest BCUT2D eigenvalue weighted by Crippen LogP contribution is -2.36. The highest BCUT2D eigenvalue weighted by Crippen LogP contribution is 2.45. The maximum Gasteiger partial charge on any atom is 0.244 e. The number of benzene rings is 1. The van der Waals surface area contributed by atoms with Crippen molar-refractivity contribution < 1.29 is 9.21 Å². The molecule has 1 atom stereocenters. The van der Waals surface area contributed by atoms with Gasteiger partial charge in [0.05, 0.1) is 0 Å². The summed E-state index contributed by atoms with van der Waals surface area (Å²) in [5.74, 6) is 1.59. The number of rotatable bonds is 1. The van der Waals surface area contributed by atoms with Crippen LogP contribution in [0.5, 0.6) is 0 Å². The van der Waals surface area contributed by atoms with Gasteiger partial charge in [-0.05, 0) is 37.6 Å². The van der Waals surface area contributed by atoms with Crippen LogP contribution in [0.2, 0.25) is 0 Å². The molecule has 0 radical (unpaired) electrons. The number of furan rings is 1. The van der Waals surface area contributed by atoms with Crippen LogP contribution in [0.4, 0.5) is 5.69 Å². The average molecular weight is 241 g/mol. The number of fused-ring (bicyclic) bond motifs is 1. The molecule has 2 heterocycles. The van der Waals surface area contributed by atoms with Crippen molar-refractivity contribution >= 4 is 11.6 Å². The van der Waals surface area contributed by atoms with E-state index in [0.717, 1.165) is 17.0 Å². The van der Waals surface area contributed by atoms with E-state index in [1.165, 1.54) is 0 Å². The second kappa shape index (κ2) is 3.48. The van der Waals surface area contributed by atoms with Crippen LogP contribution in [0.3, 0.4) is 0 Å². The van der Waals surface area contributed by atoms with E-state index in [1.54, 1.807) is 4.90 Å². The van der Waals surface area contributed by atoms with Crippen molar-refractivity contribution in [3.8, 4) is 0 Å². The second-order valence-corrected chi connectivity index (χ2v) is 4.92. The maximum absolute atomic E-state index is 12.6. The molecule has 0 spiro atoms. The molecule has 0 saturated carbocycles. The second-order valence-electron chi connectivity index (χ2n) is 4.92. The molecule has 1 aromatic carbocycles. The van der Waals surface area contributed by atoms with Crippen molar-refractivity contribution in [1.82, 2.24) is 0 Å². The minimum atomic E-state index is -0.709. The van der Waals surface area contributed by atoms with Crippen molar-refractivity contribution in [2.24, 2.45) is 0 Å². The molecule has 1 amide bonds. The molecule has 1 aliphatic heterocycles. The Balaban J connectivity index is 2.26. The molecule has 0 bridgehead atoms. The Morgan fingerprint density at radius 1 is 1.17 bits per heavy atom. The van der Waals surface area contributed by atoms with Gasteiger partial charge in [-0.1, -0.05) is 18.2 Å². The molecule has 0 N–H and O–H groups in total. The van der Waals surface area contributed by atoms with Gasteiger partial charge in [0.15, 0.2) is 0 Å². The van der Waals surface area contributed by atoms with Crippen molar-refractivity contribution in [2.45, 2.75) is 19.3 Å². The van der Waals surface area contributed by atoms with E-state index in [0.29, 0.717) is 5.76 Å². The van der Waals surface area contributed by atoms with E-state index >= 15 is 0 Å². The molecule has 1 aromatic heterocycles. The van der Waals surface area contributed by atoms with Gasteiger partial charge in [0.2, 0.25) is 5.91 Å². The summed E-state index contributed by atoms with van der Waals surface area (Å²) >= 11 is 0. The summed E-state index contributed by atoms with van der Waals surface area (Å²) in [5, 5.41) is 0. The van der Waals surface area contributed by atoms with Crippen molar-refractivity contribution in [1.29, 1.82) is 0 Å². The molecule has 3 heteroatoms. The standard InChI is InChI=1S/C15H15NO2/c1-10-8-9-13(18-10)15(2)11-6-4-5-7-12(11)16(3)14(15)17/h4-9H,1-3H3. The molecule has 2 aromatic rings. The zero-order valence-corrected chi connectivity index (χ0v) is 10.7. The molecule has 1 unspecified atom stereocenters. The fourth-order valence-corrected chi connectivity index (χ4v) is 2.69. The summed E-state index contributed by atoms with van der Waals surface area (Å²) in [6, 6.07) is 11.7. The number of anilines is 1. The Morgan fingerprint density at radius 3 is 2.56 bits per heavy atom. The number of aryl methyl sites for hydroxylation is 1. The Kier molecular flexibility index (Phi) is 2.14. The van der Waals surface area contributed by atoms with Gasteiger partial charge in [0.1, 0.15) is 16.9 Å². The first-order valence-electron chi connectivity index (χ1n) is 5.99. The Hall–Kier alpha value is -2.03. The van der Waals surface area contributed by atoms with Gasteiger partial charge in [0, 0.05) is 12.7 Å². The molecule has 0 aliphatic carbocycles. The van der Waals surface area contributed by atoms with Gasteiger partial charge in [-0.3, -0.25) is 4.79 Å². The number of carbonyl (C=O) groups excluding carboxylic acids is 1. The molecular weight excluding hydrogens is 226 g/mol. The monoisotopic (exact) mass is 241 g/mol. The maximum atomic E-state index is 12.6. The quantitative estimate of drug-likeness (QED) is 0.769. The molecule has 0 saturated heterocycles. The first-order chi connectivity index (χ1) is 8.55. The van der Waals surface area contributed by atoms with Crippen molar-refractivity contribution in [3.63, 3.8) is 0 Å². The highest BCUT2D eigenvalue weighted by molar-refractivity contribution is 6.09. The summed E-state index contributed by atoms with van der Waals surface area (Å²) in [5.41, 5.74) is 1.26. The van der Waals surface area contributed by atoms with Crippen LogP contribution >= 0.6 is 0 Å². The minimum absolute atomic E-state index is 0.0538. The third-order valence-corrected chi connectivity index (χ3v) is 3.77. The summed E-state index contributed by atoms with van der Waals surface area (Å²) in [6.07, 6.45) is 0. The third-order valence-electron chi connectivity index (χ3n) is 3.77. The molecule has 3 rings (SSSR count). The van der Waals surface area contributed by atoms with Gasteiger partial charge in [-0.15, -0.1) is 0 Å². The predicted molar refractivity (Wildman–Crippen MR) is 69.8 cm³/mol. The number of likely N-dealkylation sites (N-methyl/N-ethyl adjacent to an activating group) is 1. The zero-order valence-electron chi connectivity index (χ0n) is 10.7. The van der Waals surface area contributed by atoms with Gasteiger partial charge < -0.3 is 9.32 Å². The normalized spacial score (nSPS) is 22.4. The predicted octanol–water partition coefficient (Wildman–Crippen LogP) is 2.87. The van der Waals surface area contributed by atoms with Crippen molar-refractivity contribution in [2.75, 3.05) is 11.9 Å². The molecule has 92 valence electrons. The van der Waals surface area contributed by atoms with Crippen LogP contribution in [0.25, 0.3) is 0 Å². The van der Waals surface area contributed by atoms with E-state index in [4.69, 9.17) is 4.42 Å². The lowest BCUT2D eigenvalue weighted by atomic mass is 9.81. The largest absolute Gasteiger partial charge is 0.465 e. The van der Waals surface area contributed by atoms with Gasteiger partial charge >= 0.3 is 0 Å². The topological polar surface area (TPSA) is 33.5 Å². The van der Waals surface area contributed by atoms with Crippen LogP contribution in [-0.4, -0.2) is 13.0 Å². The van der Waals surface area contributed by atoms with E-state index < -0.39 is 5.41 Å². The lowest BCUT2D eigenvalue weighted by Gasteiger charge is -2.20. The van der Waals surface area contributed by atoms with E-state index in [1.807, 2.05) is 57.3 Å². The Labute approximate surface area is 106 Å². The number of hydrogen-bond donors (Lipinski definition) is 0. The minimum Gasteiger partial charge on any atom is -0.465 e. The summed E-state index contributed by atoms with van der Waals surface area (Å²) < 4.78 is 5.70. The van der Waals surface area contributed by atoms with Crippen LogP contribution < -0.4 is 4.90 Å². The molecular formula is C15H15NO2. The van der Waals surface area contributed by atoms with E-state index in [-0.39, 0.29) is 5.91 Å². The van der Waals surface area contributed by atoms with Crippen molar-refractivity contribution in [3.05, 3.63) is 53.5 Å². The van der Waals surface area contributed by atoms with Crippen LogP contribution in [0, 0.1) is 6.92 Å².